The Bertz CT molecular complexity index is 199. The molecule has 0 fully saturated rings. The van der Waals surface area contributed by atoms with Crippen LogP contribution in [0.4, 0.5) is 0 Å². The SMILES string of the molecule is NC(CCC(O)O)S(=O)(=O)O. The minimum absolute atomic E-state index is 0.180. The lowest BCUT2D eigenvalue weighted by Gasteiger charge is -2.07. The van der Waals surface area contributed by atoms with Crippen molar-refractivity contribution in [3.63, 3.8) is 0 Å². The van der Waals surface area contributed by atoms with E-state index in [1.165, 1.54) is 0 Å². The van der Waals surface area contributed by atoms with E-state index in [9.17, 15) is 8.42 Å². The smallest absolute Gasteiger partial charge is 0.280 e. The molecule has 6 nitrogen and oxygen atoms in total. The molecule has 5 N–H and O–H groups in total. The molecule has 0 amide bonds. The summed E-state index contributed by atoms with van der Waals surface area (Å²) in [6.45, 7) is 0. The molecule has 0 heterocycles. The zero-order valence-electron chi connectivity index (χ0n) is 5.71. The lowest BCUT2D eigenvalue weighted by molar-refractivity contribution is -0.0463. The highest BCUT2D eigenvalue weighted by Gasteiger charge is 2.17. The summed E-state index contributed by atoms with van der Waals surface area (Å²) in [7, 11) is -4.24. The lowest BCUT2D eigenvalue weighted by Crippen LogP contribution is -2.30. The number of rotatable bonds is 4. The highest BCUT2D eigenvalue weighted by Crippen LogP contribution is 2.02. The molecule has 0 aliphatic carbocycles. The first-order chi connectivity index (χ1) is 4.84. The summed E-state index contributed by atoms with van der Waals surface area (Å²) in [6.07, 6.45) is -1.96. The third-order valence-corrected chi connectivity index (χ3v) is 2.09. The summed E-state index contributed by atoms with van der Waals surface area (Å²) in [6, 6.07) is 0. The monoisotopic (exact) mass is 185 g/mol. The molecule has 0 aliphatic rings. The van der Waals surface area contributed by atoms with E-state index in [4.69, 9.17) is 20.5 Å². The van der Waals surface area contributed by atoms with E-state index in [2.05, 4.69) is 0 Å². The van der Waals surface area contributed by atoms with Crippen LogP contribution in [-0.4, -0.2) is 34.8 Å². The van der Waals surface area contributed by atoms with Gasteiger partial charge in [0.05, 0.1) is 0 Å². The van der Waals surface area contributed by atoms with Crippen molar-refractivity contribution in [2.45, 2.75) is 24.5 Å². The predicted molar refractivity (Wildman–Crippen MR) is 37.0 cm³/mol. The van der Waals surface area contributed by atoms with Crippen LogP contribution in [0.15, 0.2) is 0 Å². The summed E-state index contributed by atoms with van der Waals surface area (Å²) in [5.41, 5.74) is 4.94. The van der Waals surface area contributed by atoms with Gasteiger partial charge in [0.25, 0.3) is 10.1 Å². The van der Waals surface area contributed by atoms with E-state index < -0.39 is 21.8 Å². The fourth-order valence-corrected chi connectivity index (χ4v) is 0.896. The van der Waals surface area contributed by atoms with E-state index >= 15 is 0 Å². The van der Waals surface area contributed by atoms with Gasteiger partial charge in [-0.2, -0.15) is 8.42 Å². The van der Waals surface area contributed by atoms with Gasteiger partial charge < -0.3 is 15.9 Å². The molecule has 0 saturated carbocycles. The predicted octanol–water partition coefficient (Wildman–Crippen LogP) is -1.75. The molecule has 0 aromatic heterocycles. The van der Waals surface area contributed by atoms with E-state index in [1.807, 2.05) is 0 Å². The van der Waals surface area contributed by atoms with Crippen molar-refractivity contribution in [2.75, 3.05) is 0 Å². The van der Waals surface area contributed by atoms with Gasteiger partial charge in [-0.15, -0.1) is 0 Å². The van der Waals surface area contributed by atoms with E-state index in [0.29, 0.717) is 0 Å². The highest BCUT2D eigenvalue weighted by atomic mass is 32.2. The Morgan fingerprint density at radius 2 is 1.73 bits per heavy atom. The van der Waals surface area contributed by atoms with Crippen LogP contribution in [0.5, 0.6) is 0 Å². The van der Waals surface area contributed by atoms with Crippen LogP contribution in [0.25, 0.3) is 0 Å². The Kier molecular flexibility index (Phi) is 3.90. The summed E-state index contributed by atoms with van der Waals surface area (Å²) >= 11 is 0. The highest BCUT2D eigenvalue weighted by molar-refractivity contribution is 7.86. The quantitative estimate of drug-likeness (QED) is 0.304. The first-order valence-corrected chi connectivity index (χ1v) is 4.42. The standard InChI is InChI=1S/C4H11NO5S/c5-3(11(8,9)10)1-2-4(6)7/h3-4,6-7H,1-2,5H2,(H,8,9,10). The van der Waals surface area contributed by atoms with Crippen LogP contribution in [-0.2, 0) is 10.1 Å². The van der Waals surface area contributed by atoms with Crippen LogP contribution in [0.1, 0.15) is 12.8 Å². The Labute approximate surface area is 64.4 Å². The van der Waals surface area contributed by atoms with Gasteiger partial charge in [0.2, 0.25) is 0 Å². The van der Waals surface area contributed by atoms with Crippen molar-refractivity contribution in [1.82, 2.24) is 0 Å². The average Bonchev–Trinajstić information content (AvgIpc) is 1.80. The van der Waals surface area contributed by atoms with Crippen molar-refractivity contribution in [3.05, 3.63) is 0 Å². The summed E-state index contributed by atoms with van der Waals surface area (Å²) in [5, 5.41) is 15.1. The maximum atomic E-state index is 10.2. The van der Waals surface area contributed by atoms with Crippen molar-refractivity contribution in [1.29, 1.82) is 0 Å². The zero-order chi connectivity index (χ0) is 9.07. The normalized spacial score (nSPS) is 15.4. The molecule has 1 atom stereocenters. The van der Waals surface area contributed by atoms with Gasteiger partial charge in [0, 0.05) is 6.42 Å². The van der Waals surface area contributed by atoms with Gasteiger partial charge in [0.15, 0.2) is 6.29 Å². The molecule has 0 rings (SSSR count). The van der Waals surface area contributed by atoms with E-state index in [0.717, 1.165) is 0 Å². The number of nitrogens with two attached hydrogens (primary N) is 1. The van der Waals surface area contributed by atoms with Crippen LogP contribution in [0.3, 0.4) is 0 Å². The molecule has 0 saturated heterocycles. The number of hydrogen-bond donors (Lipinski definition) is 4. The molecular weight excluding hydrogens is 174 g/mol. The van der Waals surface area contributed by atoms with Gasteiger partial charge >= 0.3 is 0 Å². The fraction of sp³-hybridized carbons (Fsp3) is 1.00. The summed E-state index contributed by atoms with van der Waals surface area (Å²) < 4.78 is 28.7. The van der Waals surface area contributed by atoms with Crippen LogP contribution in [0.2, 0.25) is 0 Å². The molecule has 7 heteroatoms. The Balaban J connectivity index is 3.81. The number of aliphatic hydroxyl groups is 2. The molecule has 1 unspecified atom stereocenters. The largest absolute Gasteiger partial charge is 0.368 e. The van der Waals surface area contributed by atoms with Gasteiger partial charge in [-0.3, -0.25) is 4.55 Å². The first kappa shape index (κ1) is 10.8. The first-order valence-electron chi connectivity index (χ1n) is 2.92. The molecule has 0 aliphatic heterocycles. The van der Waals surface area contributed by atoms with Crippen molar-refractivity contribution in [2.24, 2.45) is 5.73 Å². The minimum atomic E-state index is -4.24. The molecule has 0 radical (unpaired) electrons. The second kappa shape index (κ2) is 3.98. The van der Waals surface area contributed by atoms with Crippen molar-refractivity contribution < 1.29 is 23.2 Å². The van der Waals surface area contributed by atoms with Gasteiger partial charge in [-0.25, -0.2) is 0 Å². The van der Waals surface area contributed by atoms with Crippen LogP contribution < -0.4 is 5.73 Å². The zero-order valence-corrected chi connectivity index (χ0v) is 6.53. The molecule has 0 aromatic carbocycles. The Morgan fingerprint density at radius 3 is 2.00 bits per heavy atom. The maximum Gasteiger partial charge on any atom is 0.280 e. The third kappa shape index (κ3) is 5.10. The second-order valence-corrected chi connectivity index (χ2v) is 3.75. The Hall–Kier alpha value is -0.210. The van der Waals surface area contributed by atoms with E-state index in [1.54, 1.807) is 0 Å². The molecule has 68 valence electrons. The second-order valence-electron chi connectivity index (χ2n) is 2.11. The van der Waals surface area contributed by atoms with Crippen LogP contribution >= 0.6 is 0 Å². The van der Waals surface area contributed by atoms with Crippen LogP contribution in [0, 0.1) is 0 Å². The van der Waals surface area contributed by atoms with Gasteiger partial charge in [-0.05, 0) is 6.42 Å². The molecule has 0 bridgehead atoms. The van der Waals surface area contributed by atoms with E-state index in [-0.39, 0.29) is 12.8 Å². The maximum absolute atomic E-state index is 10.2. The van der Waals surface area contributed by atoms with Gasteiger partial charge in [-0.1, -0.05) is 0 Å². The summed E-state index contributed by atoms with van der Waals surface area (Å²) in [5.74, 6) is 0. The van der Waals surface area contributed by atoms with Crippen molar-refractivity contribution in [3.8, 4) is 0 Å². The van der Waals surface area contributed by atoms with Gasteiger partial charge in [0.1, 0.15) is 5.37 Å². The molecule has 0 spiro atoms. The fourth-order valence-electron chi connectivity index (χ4n) is 0.462. The topological polar surface area (TPSA) is 121 Å². The summed E-state index contributed by atoms with van der Waals surface area (Å²) in [4.78, 5) is 0. The lowest BCUT2D eigenvalue weighted by atomic mass is 10.3. The Morgan fingerprint density at radius 1 is 1.27 bits per heavy atom. The number of hydrogen-bond acceptors (Lipinski definition) is 5. The average molecular weight is 185 g/mol. The third-order valence-electron chi connectivity index (χ3n) is 1.09. The number of aliphatic hydroxyl groups excluding tert-OH is 1. The molecule has 0 aromatic rings. The molecule has 11 heavy (non-hydrogen) atoms. The molecular formula is C4H11NO5S. The van der Waals surface area contributed by atoms with Crippen molar-refractivity contribution >= 4 is 10.1 Å². The minimum Gasteiger partial charge on any atom is -0.368 e.